The van der Waals surface area contributed by atoms with Gasteiger partial charge in [-0.1, -0.05) is 30.3 Å². The summed E-state index contributed by atoms with van der Waals surface area (Å²) in [5.41, 5.74) is 7.77. The summed E-state index contributed by atoms with van der Waals surface area (Å²) in [6.45, 7) is 5.56. The lowest BCUT2D eigenvalue weighted by Crippen LogP contribution is -2.31. The zero-order valence-electron chi connectivity index (χ0n) is 11.5. The molecule has 100 valence electrons. The average Bonchev–Trinajstić information content (AvgIpc) is 2.46. The second-order valence-corrected chi connectivity index (χ2v) is 4.80. The van der Waals surface area contributed by atoms with Crippen LogP contribution < -0.4 is 10.6 Å². The number of rotatable bonds is 5. The van der Waals surface area contributed by atoms with E-state index in [0.717, 1.165) is 18.1 Å². The van der Waals surface area contributed by atoms with Crippen LogP contribution in [0.3, 0.4) is 0 Å². The van der Waals surface area contributed by atoms with E-state index in [9.17, 15) is 0 Å². The summed E-state index contributed by atoms with van der Waals surface area (Å²) in [6.07, 6.45) is 3.59. The van der Waals surface area contributed by atoms with Gasteiger partial charge in [-0.15, -0.1) is 0 Å². The van der Waals surface area contributed by atoms with Crippen LogP contribution in [0.15, 0.2) is 42.7 Å². The molecule has 0 saturated carbocycles. The first-order valence-corrected chi connectivity index (χ1v) is 6.52. The highest BCUT2D eigenvalue weighted by atomic mass is 15.3. The topological polar surface area (TPSA) is 55.0 Å². The average molecular weight is 256 g/mol. The molecule has 19 heavy (non-hydrogen) atoms. The van der Waals surface area contributed by atoms with Crippen molar-refractivity contribution in [2.24, 2.45) is 5.73 Å². The van der Waals surface area contributed by atoms with Crippen molar-refractivity contribution in [3.05, 3.63) is 53.9 Å². The Bertz CT molecular complexity index is 493. The van der Waals surface area contributed by atoms with E-state index in [2.05, 4.69) is 40.8 Å². The molecule has 0 amide bonds. The molecule has 1 aromatic heterocycles. The summed E-state index contributed by atoms with van der Waals surface area (Å²) in [7, 11) is 0. The number of nitrogens with two attached hydrogens (primary N) is 1. The zero-order chi connectivity index (χ0) is 13.7. The van der Waals surface area contributed by atoms with Gasteiger partial charge in [-0.05, 0) is 19.4 Å². The maximum atomic E-state index is 5.57. The van der Waals surface area contributed by atoms with E-state index in [1.807, 2.05) is 18.2 Å². The van der Waals surface area contributed by atoms with Crippen molar-refractivity contribution < 1.29 is 0 Å². The van der Waals surface area contributed by atoms with Gasteiger partial charge < -0.3 is 10.6 Å². The molecule has 2 aromatic rings. The van der Waals surface area contributed by atoms with Crippen LogP contribution in [0.4, 0.5) is 5.95 Å². The van der Waals surface area contributed by atoms with Crippen molar-refractivity contribution >= 4 is 5.95 Å². The number of nitrogens with zero attached hydrogens (tertiary/aromatic N) is 3. The summed E-state index contributed by atoms with van der Waals surface area (Å²) in [4.78, 5) is 11.0. The Morgan fingerprint density at radius 3 is 2.21 bits per heavy atom. The van der Waals surface area contributed by atoms with E-state index in [0.29, 0.717) is 12.6 Å². The number of hydrogen-bond acceptors (Lipinski definition) is 4. The number of hydrogen-bond donors (Lipinski definition) is 1. The molecule has 0 radical (unpaired) electrons. The van der Waals surface area contributed by atoms with Crippen LogP contribution in [0, 0.1) is 0 Å². The Labute approximate surface area is 114 Å². The Morgan fingerprint density at radius 1 is 1.05 bits per heavy atom. The highest BCUT2D eigenvalue weighted by molar-refractivity contribution is 5.33. The van der Waals surface area contributed by atoms with Gasteiger partial charge in [0.15, 0.2) is 0 Å². The molecule has 1 heterocycles. The Balaban J connectivity index is 2.19. The minimum atomic E-state index is 0.337. The van der Waals surface area contributed by atoms with Crippen LogP contribution in [0.1, 0.15) is 25.0 Å². The molecule has 4 heteroatoms. The summed E-state index contributed by atoms with van der Waals surface area (Å²) in [6, 6.07) is 10.7. The molecule has 2 N–H and O–H groups in total. The molecule has 0 bridgehead atoms. The number of anilines is 1. The van der Waals surface area contributed by atoms with Crippen molar-refractivity contribution in [2.45, 2.75) is 33.0 Å². The number of aromatic nitrogens is 2. The first-order valence-electron chi connectivity index (χ1n) is 6.52. The van der Waals surface area contributed by atoms with Crippen LogP contribution in [-0.2, 0) is 13.1 Å². The van der Waals surface area contributed by atoms with Crippen molar-refractivity contribution in [2.75, 3.05) is 4.90 Å². The molecule has 0 saturated heterocycles. The minimum Gasteiger partial charge on any atom is -0.334 e. The van der Waals surface area contributed by atoms with Gasteiger partial charge in [0.05, 0.1) is 0 Å². The molecule has 0 atom stereocenters. The van der Waals surface area contributed by atoms with Crippen molar-refractivity contribution in [1.82, 2.24) is 9.97 Å². The van der Waals surface area contributed by atoms with Crippen molar-refractivity contribution in [3.63, 3.8) is 0 Å². The van der Waals surface area contributed by atoms with Gasteiger partial charge in [-0.3, -0.25) is 0 Å². The van der Waals surface area contributed by atoms with Gasteiger partial charge >= 0.3 is 0 Å². The molecular formula is C15H20N4. The Morgan fingerprint density at radius 2 is 1.68 bits per heavy atom. The van der Waals surface area contributed by atoms with Gasteiger partial charge in [-0.25, -0.2) is 9.97 Å². The first kappa shape index (κ1) is 13.5. The third-order valence-electron chi connectivity index (χ3n) is 3.00. The van der Waals surface area contributed by atoms with Crippen LogP contribution in [0.5, 0.6) is 0 Å². The Kier molecular flexibility index (Phi) is 4.47. The monoisotopic (exact) mass is 256 g/mol. The van der Waals surface area contributed by atoms with E-state index in [1.54, 1.807) is 12.4 Å². The third kappa shape index (κ3) is 3.51. The fourth-order valence-electron chi connectivity index (χ4n) is 1.87. The predicted octanol–water partition coefficient (Wildman–Crippen LogP) is 2.35. The van der Waals surface area contributed by atoms with Crippen LogP contribution >= 0.6 is 0 Å². The van der Waals surface area contributed by atoms with Gasteiger partial charge in [0.25, 0.3) is 0 Å². The van der Waals surface area contributed by atoms with Crippen LogP contribution in [-0.4, -0.2) is 16.0 Å². The minimum absolute atomic E-state index is 0.337. The maximum absolute atomic E-state index is 5.57. The van der Waals surface area contributed by atoms with E-state index in [1.165, 1.54) is 5.56 Å². The predicted molar refractivity (Wildman–Crippen MR) is 77.7 cm³/mol. The lowest BCUT2D eigenvalue weighted by Gasteiger charge is -2.26. The lowest BCUT2D eigenvalue weighted by atomic mass is 10.2. The summed E-state index contributed by atoms with van der Waals surface area (Å²) in [5, 5.41) is 0. The quantitative estimate of drug-likeness (QED) is 0.892. The van der Waals surface area contributed by atoms with E-state index < -0.39 is 0 Å². The van der Waals surface area contributed by atoms with Gasteiger partial charge in [0.1, 0.15) is 0 Å². The molecule has 1 aromatic carbocycles. The third-order valence-corrected chi connectivity index (χ3v) is 3.00. The molecule has 0 unspecified atom stereocenters. The van der Waals surface area contributed by atoms with Gasteiger partial charge in [0.2, 0.25) is 5.95 Å². The summed E-state index contributed by atoms with van der Waals surface area (Å²) < 4.78 is 0. The fourth-order valence-corrected chi connectivity index (χ4v) is 1.87. The van der Waals surface area contributed by atoms with Crippen LogP contribution in [0.2, 0.25) is 0 Å². The Hall–Kier alpha value is -1.94. The first-order chi connectivity index (χ1) is 9.20. The largest absolute Gasteiger partial charge is 0.334 e. The molecular weight excluding hydrogens is 236 g/mol. The molecule has 0 aliphatic heterocycles. The maximum Gasteiger partial charge on any atom is 0.225 e. The van der Waals surface area contributed by atoms with E-state index >= 15 is 0 Å². The van der Waals surface area contributed by atoms with Crippen molar-refractivity contribution in [3.8, 4) is 0 Å². The lowest BCUT2D eigenvalue weighted by molar-refractivity contribution is 0.659. The van der Waals surface area contributed by atoms with E-state index in [4.69, 9.17) is 5.73 Å². The zero-order valence-corrected chi connectivity index (χ0v) is 11.5. The SMILES string of the molecule is CC(C)N(Cc1ccccc1)c1ncc(CN)cn1. The van der Waals surface area contributed by atoms with Crippen LogP contribution in [0.25, 0.3) is 0 Å². The fraction of sp³-hybridized carbons (Fsp3) is 0.333. The molecule has 0 spiro atoms. The molecule has 0 aliphatic rings. The highest BCUT2D eigenvalue weighted by Gasteiger charge is 2.13. The second-order valence-electron chi connectivity index (χ2n) is 4.80. The smallest absolute Gasteiger partial charge is 0.225 e. The van der Waals surface area contributed by atoms with Crippen molar-refractivity contribution in [1.29, 1.82) is 0 Å². The van der Waals surface area contributed by atoms with Gasteiger partial charge in [-0.2, -0.15) is 0 Å². The highest BCUT2D eigenvalue weighted by Crippen LogP contribution is 2.15. The standard InChI is InChI=1S/C15H20N4/c1-12(2)19(11-13-6-4-3-5-7-13)15-17-9-14(8-16)10-18-15/h3-7,9-10,12H,8,11,16H2,1-2H3. The molecule has 4 nitrogen and oxygen atoms in total. The number of benzene rings is 1. The molecule has 0 fully saturated rings. The second kappa shape index (κ2) is 6.29. The molecule has 0 aliphatic carbocycles. The summed E-state index contributed by atoms with van der Waals surface area (Å²) in [5.74, 6) is 0.746. The van der Waals surface area contributed by atoms with E-state index in [-0.39, 0.29) is 0 Å². The van der Waals surface area contributed by atoms with Gasteiger partial charge in [0, 0.05) is 37.1 Å². The summed E-state index contributed by atoms with van der Waals surface area (Å²) >= 11 is 0. The molecule has 2 rings (SSSR count). The normalized spacial score (nSPS) is 10.7.